The van der Waals surface area contributed by atoms with Crippen molar-refractivity contribution in [3.63, 3.8) is 0 Å². The summed E-state index contributed by atoms with van der Waals surface area (Å²) in [5.41, 5.74) is 0.685. The molecule has 102 valence electrons. The Balaban J connectivity index is 2.11. The third-order valence-electron chi connectivity index (χ3n) is 2.59. The largest absolute Gasteiger partial charge is 0.416 e. The number of benzene rings is 1. The molecule has 0 saturated heterocycles. The van der Waals surface area contributed by atoms with E-state index in [9.17, 15) is 13.2 Å². The van der Waals surface area contributed by atoms with Gasteiger partial charge in [-0.2, -0.15) is 13.2 Å². The lowest BCUT2D eigenvalue weighted by molar-refractivity contribution is -0.137. The van der Waals surface area contributed by atoms with Crippen LogP contribution in [0.4, 0.5) is 13.2 Å². The fourth-order valence-electron chi connectivity index (χ4n) is 1.56. The summed E-state index contributed by atoms with van der Waals surface area (Å²) >= 11 is 5.85. The van der Waals surface area contributed by atoms with Gasteiger partial charge in [-0.15, -0.1) is 16.7 Å². The van der Waals surface area contributed by atoms with Crippen LogP contribution in [0.15, 0.2) is 30.5 Å². The number of hydrogen-bond donors (Lipinski definition) is 0. The van der Waals surface area contributed by atoms with Gasteiger partial charge in [0.1, 0.15) is 5.69 Å². The summed E-state index contributed by atoms with van der Waals surface area (Å²) in [7, 11) is 0. The molecule has 1 aromatic heterocycles. The summed E-state index contributed by atoms with van der Waals surface area (Å²) in [5.74, 6) is 0. The second-order valence-corrected chi connectivity index (χ2v) is 4.81. The first-order valence-corrected chi connectivity index (χ1v) is 6.00. The van der Waals surface area contributed by atoms with Crippen LogP contribution in [0, 0.1) is 0 Å². The van der Waals surface area contributed by atoms with Crippen LogP contribution < -0.4 is 0 Å². The second kappa shape index (κ2) is 5.21. The van der Waals surface area contributed by atoms with Gasteiger partial charge in [0.25, 0.3) is 0 Å². The van der Waals surface area contributed by atoms with Crippen LogP contribution in [-0.2, 0) is 12.7 Å². The van der Waals surface area contributed by atoms with Crippen molar-refractivity contribution >= 4 is 11.6 Å². The van der Waals surface area contributed by atoms with Crippen molar-refractivity contribution in [1.29, 1.82) is 0 Å². The maximum Gasteiger partial charge on any atom is 0.416 e. The Kier molecular flexibility index (Phi) is 3.80. The normalized spacial score (nSPS) is 13.5. The predicted molar refractivity (Wildman–Crippen MR) is 64.8 cm³/mol. The van der Waals surface area contributed by atoms with Gasteiger partial charge in [0.15, 0.2) is 0 Å². The molecule has 3 nitrogen and oxygen atoms in total. The Morgan fingerprint density at radius 3 is 2.37 bits per heavy atom. The van der Waals surface area contributed by atoms with Crippen molar-refractivity contribution in [2.24, 2.45) is 0 Å². The number of rotatable bonds is 3. The maximum atomic E-state index is 12.4. The third-order valence-corrected chi connectivity index (χ3v) is 2.81. The van der Waals surface area contributed by atoms with Crippen LogP contribution in [0.25, 0.3) is 0 Å². The van der Waals surface area contributed by atoms with Gasteiger partial charge in [-0.1, -0.05) is 17.3 Å². The van der Waals surface area contributed by atoms with Gasteiger partial charge >= 0.3 is 6.18 Å². The molecule has 0 aliphatic heterocycles. The average molecular weight is 290 g/mol. The molecular formula is C12H11ClF3N3. The zero-order valence-corrected chi connectivity index (χ0v) is 10.8. The highest BCUT2D eigenvalue weighted by atomic mass is 35.5. The van der Waals surface area contributed by atoms with E-state index in [4.69, 9.17) is 11.6 Å². The molecule has 0 fully saturated rings. The monoisotopic (exact) mass is 289 g/mol. The smallest absolute Gasteiger partial charge is 0.248 e. The molecule has 19 heavy (non-hydrogen) atoms. The quantitative estimate of drug-likeness (QED) is 0.808. The van der Waals surface area contributed by atoms with E-state index < -0.39 is 11.7 Å². The summed E-state index contributed by atoms with van der Waals surface area (Å²) in [4.78, 5) is 0. The Labute approximate surface area is 113 Å². The Hall–Kier alpha value is -1.56. The third kappa shape index (κ3) is 3.47. The summed E-state index contributed by atoms with van der Waals surface area (Å²) in [6.45, 7) is 2.13. The minimum absolute atomic E-state index is 0.249. The fraction of sp³-hybridized carbons (Fsp3) is 0.333. The molecule has 2 aromatic rings. The molecule has 0 amide bonds. The lowest BCUT2D eigenvalue weighted by Crippen LogP contribution is -2.05. The minimum Gasteiger partial charge on any atom is -0.248 e. The molecule has 1 aromatic carbocycles. The number of alkyl halides is 4. The van der Waals surface area contributed by atoms with E-state index >= 15 is 0 Å². The SMILES string of the molecule is CC(Cl)c1cn(Cc2ccc(C(F)(F)F)cc2)nn1. The van der Waals surface area contributed by atoms with E-state index in [-0.39, 0.29) is 5.38 Å². The van der Waals surface area contributed by atoms with Gasteiger partial charge in [0, 0.05) is 0 Å². The zero-order valence-electron chi connectivity index (χ0n) is 10.0. The lowest BCUT2D eigenvalue weighted by atomic mass is 10.1. The molecular weight excluding hydrogens is 279 g/mol. The predicted octanol–water partition coefficient (Wildman–Crippen LogP) is 3.65. The molecule has 1 atom stereocenters. The van der Waals surface area contributed by atoms with Gasteiger partial charge < -0.3 is 0 Å². The summed E-state index contributed by atoms with van der Waals surface area (Å²) in [6, 6.07) is 4.96. The molecule has 2 rings (SSSR count). The van der Waals surface area contributed by atoms with E-state index in [0.29, 0.717) is 17.8 Å². The first kappa shape index (κ1) is 13.9. The van der Waals surface area contributed by atoms with Crippen LogP contribution in [-0.4, -0.2) is 15.0 Å². The number of aromatic nitrogens is 3. The highest BCUT2D eigenvalue weighted by Crippen LogP contribution is 2.29. The van der Waals surface area contributed by atoms with Gasteiger partial charge in [-0.25, -0.2) is 4.68 Å². The molecule has 1 heterocycles. The van der Waals surface area contributed by atoms with E-state index in [1.807, 2.05) is 0 Å². The van der Waals surface area contributed by atoms with E-state index in [1.54, 1.807) is 13.1 Å². The van der Waals surface area contributed by atoms with Crippen molar-refractivity contribution < 1.29 is 13.2 Å². The van der Waals surface area contributed by atoms with Crippen LogP contribution >= 0.6 is 11.6 Å². The van der Waals surface area contributed by atoms with E-state index in [1.165, 1.54) is 16.8 Å². The molecule has 0 radical (unpaired) electrons. The zero-order chi connectivity index (χ0) is 14.0. The van der Waals surface area contributed by atoms with E-state index in [0.717, 1.165) is 12.1 Å². The standard InChI is InChI=1S/C12H11ClF3N3/c1-8(13)11-7-19(18-17-11)6-9-2-4-10(5-3-9)12(14,15)16/h2-5,7-8H,6H2,1H3. The highest BCUT2D eigenvalue weighted by molar-refractivity contribution is 6.20. The van der Waals surface area contributed by atoms with Crippen LogP contribution in [0.2, 0.25) is 0 Å². The molecule has 1 unspecified atom stereocenters. The molecule has 0 bridgehead atoms. The van der Waals surface area contributed by atoms with Crippen molar-refractivity contribution in [3.8, 4) is 0 Å². The molecule has 0 aliphatic carbocycles. The van der Waals surface area contributed by atoms with Gasteiger partial charge in [0.2, 0.25) is 0 Å². The first-order chi connectivity index (χ1) is 8.86. The number of halogens is 4. The van der Waals surface area contributed by atoms with Crippen molar-refractivity contribution in [2.45, 2.75) is 25.0 Å². The lowest BCUT2D eigenvalue weighted by Gasteiger charge is -2.07. The van der Waals surface area contributed by atoms with Crippen LogP contribution in [0.3, 0.4) is 0 Å². The summed E-state index contributed by atoms with van der Waals surface area (Å²) < 4.78 is 38.7. The summed E-state index contributed by atoms with van der Waals surface area (Å²) in [5, 5.41) is 7.48. The van der Waals surface area contributed by atoms with Crippen LogP contribution in [0.1, 0.15) is 29.1 Å². The number of nitrogens with zero attached hydrogens (tertiary/aromatic N) is 3. The summed E-state index contributed by atoms with van der Waals surface area (Å²) in [6.07, 6.45) is -2.64. The highest BCUT2D eigenvalue weighted by Gasteiger charge is 2.29. The van der Waals surface area contributed by atoms with Crippen molar-refractivity contribution in [3.05, 3.63) is 47.3 Å². The Morgan fingerprint density at radius 2 is 1.89 bits per heavy atom. The Bertz CT molecular complexity index is 546. The Morgan fingerprint density at radius 1 is 1.26 bits per heavy atom. The molecule has 0 aliphatic rings. The molecule has 7 heteroatoms. The van der Waals surface area contributed by atoms with Gasteiger partial charge in [0.05, 0.1) is 23.7 Å². The minimum atomic E-state index is -4.31. The van der Waals surface area contributed by atoms with Crippen LogP contribution in [0.5, 0.6) is 0 Å². The maximum absolute atomic E-state index is 12.4. The topological polar surface area (TPSA) is 30.7 Å². The molecule has 0 spiro atoms. The average Bonchev–Trinajstić information content (AvgIpc) is 2.77. The molecule has 0 saturated carbocycles. The number of hydrogen-bond acceptors (Lipinski definition) is 2. The van der Waals surface area contributed by atoms with E-state index in [2.05, 4.69) is 10.3 Å². The van der Waals surface area contributed by atoms with Crippen molar-refractivity contribution in [2.75, 3.05) is 0 Å². The first-order valence-electron chi connectivity index (χ1n) is 5.56. The van der Waals surface area contributed by atoms with Crippen molar-refractivity contribution in [1.82, 2.24) is 15.0 Å². The van der Waals surface area contributed by atoms with Gasteiger partial charge in [-0.05, 0) is 24.6 Å². The second-order valence-electron chi connectivity index (χ2n) is 4.15. The molecule has 0 N–H and O–H groups in total. The fourth-order valence-corrected chi connectivity index (χ4v) is 1.66. The van der Waals surface area contributed by atoms with Gasteiger partial charge in [-0.3, -0.25) is 0 Å².